The van der Waals surface area contributed by atoms with Crippen molar-refractivity contribution in [2.75, 3.05) is 0 Å². The SMILES string of the molecule is Oc1[nH]c(=S)[nH]c1/C=C1\C=Nc2ncccc21. The predicted octanol–water partition coefficient (Wildman–Crippen LogP) is 2.43. The number of allylic oxidation sites excluding steroid dienone is 1. The molecule has 0 radical (unpaired) electrons. The number of H-pyrrole nitrogens is 2. The Balaban J connectivity index is 2.11. The molecule has 3 heterocycles. The molecule has 2 aromatic heterocycles. The van der Waals surface area contributed by atoms with Crippen molar-refractivity contribution in [2.24, 2.45) is 4.99 Å². The monoisotopic (exact) mass is 244 g/mol. The normalized spacial score (nSPS) is 15.4. The zero-order valence-electron chi connectivity index (χ0n) is 8.64. The largest absolute Gasteiger partial charge is 0.493 e. The number of aromatic nitrogens is 3. The Morgan fingerprint density at radius 3 is 3.00 bits per heavy atom. The molecule has 6 heteroatoms. The van der Waals surface area contributed by atoms with Crippen molar-refractivity contribution in [2.45, 2.75) is 0 Å². The van der Waals surface area contributed by atoms with Gasteiger partial charge in [0.15, 0.2) is 10.6 Å². The fourth-order valence-corrected chi connectivity index (χ4v) is 1.89. The summed E-state index contributed by atoms with van der Waals surface area (Å²) in [5, 5.41) is 9.58. The van der Waals surface area contributed by atoms with Gasteiger partial charge in [0.05, 0.1) is 0 Å². The number of fused-ring (bicyclic) bond motifs is 1. The molecule has 0 bridgehead atoms. The van der Waals surface area contributed by atoms with E-state index in [1.54, 1.807) is 18.5 Å². The van der Waals surface area contributed by atoms with Gasteiger partial charge in [-0.05, 0) is 30.4 Å². The van der Waals surface area contributed by atoms with E-state index in [9.17, 15) is 5.11 Å². The van der Waals surface area contributed by atoms with Gasteiger partial charge in [-0.25, -0.2) is 9.98 Å². The highest BCUT2D eigenvalue weighted by Crippen LogP contribution is 2.30. The molecule has 1 aliphatic heterocycles. The molecule has 2 aromatic rings. The van der Waals surface area contributed by atoms with Crippen molar-refractivity contribution in [1.82, 2.24) is 15.0 Å². The molecule has 5 nitrogen and oxygen atoms in total. The maximum Gasteiger partial charge on any atom is 0.215 e. The number of hydrogen-bond donors (Lipinski definition) is 3. The lowest BCUT2D eigenvalue weighted by Gasteiger charge is -1.97. The third-order valence-electron chi connectivity index (χ3n) is 2.46. The van der Waals surface area contributed by atoms with E-state index >= 15 is 0 Å². The van der Waals surface area contributed by atoms with Gasteiger partial charge in [-0.1, -0.05) is 0 Å². The van der Waals surface area contributed by atoms with Crippen molar-refractivity contribution < 1.29 is 5.11 Å². The lowest BCUT2D eigenvalue weighted by atomic mass is 10.1. The predicted molar refractivity (Wildman–Crippen MR) is 67.9 cm³/mol. The van der Waals surface area contributed by atoms with E-state index < -0.39 is 0 Å². The Labute approximate surface area is 102 Å². The van der Waals surface area contributed by atoms with Gasteiger partial charge in [-0.3, -0.25) is 0 Å². The summed E-state index contributed by atoms with van der Waals surface area (Å²) in [6, 6.07) is 3.78. The molecule has 84 valence electrons. The molecule has 3 rings (SSSR count). The third kappa shape index (κ3) is 1.68. The van der Waals surface area contributed by atoms with Crippen molar-refractivity contribution in [3.05, 3.63) is 34.4 Å². The Hall–Kier alpha value is -2.21. The molecule has 3 N–H and O–H groups in total. The highest BCUT2D eigenvalue weighted by atomic mass is 32.1. The molecule has 0 fully saturated rings. The zero-order chi connectivity index (χ0) is 11.8. The van der Waals surface area contributed by atoms with E-state index in [0.29, 0.717) is 16.3 Å². The zero-order valence-corrected chi connectivity index (χ0v) is 9.45. The number of imidazole rings is 1. The Bertz CT molecular complexity index is 695. The Morgan fingerprint density at radius 2 is 2.24 bits per heavy atom. The van der Waals surface area contributed by atoms with Crippen molar-refractivity contribution >= 4 is 35.9 Å². The lowest BCUT2D eigenvalue weighted by molar-refractivity contribution is 0.455. The second-order valence-electron chi connectivity index (χ2n) is 3.57. The number of aromatic amines is 2. The molecule has 0 spiro atoms. The quantitative estimate of drug-likeness (QED) is 0.674. The van der Waals surface area contributed by atoms with E-state index in [1.165, 1.54) is 0 Å². The molecule has 0 amide bonds. The number of rotatable bonds is 1. The van der Waals surface area contributed by atoms with Crippen LogP contribution in [0.1, 0.15) is 11.3 Å². The van der Waals surface area contributed by atoms with Crippen LogP contribution in [0.5, 0.6) is 5.88 Å². The molecule has 0 aliphatic carbocycles. The van der Waals surface area contributed by atoms with Crippen LogP contribution in [0.25, 0.3) is 11.6 Å². The summed E-state index contributed by atoms with van der Waals surface area (Å²) in [5.74, 6) is 0.709. The van der Waals surface area contributed by atoms with Crippen LogP contribution in [0.3, 0.4) is 0 Å². The second kappa shape index (κ2) is 3.67. The molecule has 0 aromatic carbocycles. The van der Waals surface area contributed by atoms with Gasteiger partial charge in [-0.15, -0.1) is 0 Å². The number of aliphatic imine (C=N–C) groups is 1. The highest BCUT2D eigenvalue weighted by Gasteiger charge is 2.13. The van der Waals surface area contributed by atoms with E-state index in [4.69, 9.17) is 12.2 Å². The van der Waals surface area contributed by atoms with Crippen LogP contribution in [0.15, 0.2) is 23.3 Å². The standard InChI is InChI=1S/C11H8N4OS/c16-10-8(14-11(17)15-10)4-6-5-13-9-7(6)2-1-3-12-9/h1-5,16H,(H2,14,15,17)/b6-4+. The smallest absolute Gasteiger partial charge is 0.215 e. The number of nitrogens with zero attached hydrogens (tertiary/aromatic N) is 2. The van der Waals surface area contributed by atoms with Gasteiger partial charge in [0, 0.05) is 23.5 Å². The second-order valence-corrected chi connectivity index (χ2v) is 3.98. The average Bonchev–Trinajstić information content (AvgIpc) is 2.85. The van der Waals surface area contributed by atoms with Crippen LogP contribution >= 0.6 is 12.2 Å². The minimum atomic E-state index is 0.0215. The van der Waals surface area contributed by atoms with Gasteiger partial charge in [0.1, 0.15) is 5.69 Å². The minimum Gasteiger partial charge on any atom is -0.493 e. The van der Waals surface area contributed by atoms with Gasteiger partial charge in [0.2, 0.25) is 5.88 Å². The third-order valence-corrected chi connectivity index (χ3v) is 2.66. The highest BCUT2D eigenvalue weighted by molar-refractivity contribution is 7.71. The summed E-state index contributed by atoms with van der Waals surface area (Å²) < 4.78 is 0.385. The van der Waals surface area contributed by atoms with Crippen LogP contribution in [-0.2, 0) is 0 Å². The van der Waals surface area contributed by atoms with E-state index in [-0.39, 0.29) is 5.88 Å². The summed E-state index contributed by atoms with van der Waals surface area (Å²) in [4.78, 5) is 13.8. The van der Waals surface area contributed by atoms with Crippen LogP contribution < -0.4 is 0 Å². The molecule has 1 aliphatic rings. The fraction of sp³-hybridized carbons (Fsp3) is 0. The van der Waals surface area contributed by atoms with Gasteiger partial charge >= 0.3 is 0 Å². The van der Waals surface area contributed by atoms with Crippen LogP contribution in [-0.4, -0.2) is 26.3 Å². The Morgan fingerprint density at radius 1 is 1.35 bits per heavy atom. The molecule has 0 atom stereocenters. The maximum atomic E-state index is 9.58. The maximum absolute atomic E-state index is 9.58. The summed E-state index contributed by atoms with van der Waals surface area (Å²) in [6.07, 6.45) is 5.18. The summed E-state index contributed by atoms with van der Waals surface area (Å²) in [5.41, 5.74) is 2.36. The minimum absolute atomic E-state index is 0.0215. The first-order valence-electron chi connectivity index (χ1n) is 4.96. The van der Waals surface area contributed by atoms with Crippen molar-refractivity contribution in [3.8, 4) is 5.88 Å². The van der Waals surface area contributed by atoms with Crippen molar-refractivity contribution in [3.63, 3.8) is 0 Å². The Kier molecular flexibility index (Phi) is 2.15. The lowest BCUT2D eigenvalue weighted by Crippen LogP contribution is -1.82. The molecular weight excluding hydrogens is 236 g/mol. The van der Waals surface area contributed by atoms with E-state index in [1.807, 2.05) is 12.1 Å². The molecule has 0 saturated carbocycles. The number of nitrogens with one attached hydrogen (secondary N) is 2. The van der Waals surface area contributed by atoms with E-state index in [2.05, 4.69) is 19.9 Å². The van der Waals surface area contributed by atoms with Gasteiger partial charge in [-0.2, -0.15) is 0 Å². The number of pyridine rings is 1. The molecule has 0 saturated heterocycles. The number of aromatic hydroxyl groups is 1. The first kappa shape index (κ1) is 9.98. The molecule has 0 unspecified atom stereocenters. The first-order chi connectivity index (χ1) is 8.24. The summed E-state index contributed by atoms with van der Waals surface area (Å²) >= 11 is 4.89. The summed E-state index contributed by atoms with van der Waals surface area (Å²) in [6.45, 7) is 0. The fourth-order valence-electron chi connectivity index (χ4n) is 1.69. The first-order valence-corrected chi connectivity index (χ1v) is 5.37. The molecule has 17 heavy (non-hydrogen) atoms. The van der Waals surface area contributed by atoms with Crippen LogP contribution in [0.4, 0.5) is 5.82 Å². The van der Waals surface area contributed by atoms with Crippen molar-refractivity contribution in [1.29, 1.82) is 0 Å². The van der Waals surface area contributed by atoms with Gasteiger partial charge in [0.25, 0.3) is 0 Å². The van der Waals surface area contributed by atoms with Gasteiger partial charge < -0.3 is 15.1 Å². The topological polar surface area (TPSA) is 77.1 Å². The summed E-state index contributed by atoms with van der Waals surface area (Å²) in [7, 11) is 0. The van der Waals surface area contributed by atoms with E-state index in [0.717, 1.165) is 11.1 Å². The van der Waals surface area contributed by atoms with Crippen LogP contribution in [0.2, 0.25) is 0 Å². The molecular formula is C11H8N4OS. The average molecular weight is 244 g/mol. The van der Waals surface area contributed by atoms with Crippen LogP contribution in [0, 0.1) is 4.77 Å². The number of hydrogen-bond acceptors (Lipinski definition) is 4.